The first-order valence-corrected chi connectivity index (χ1v) is 4.99. The Hall–Kier alpha value is -1.33. The molecule has 0 aliphatic rings. The van der Waals surface area contributed by atoms with Crippen molar-refractivity contribution in [3.8, 4) is 5.75 Å². The summed E-state index contributed by atoms with van der Waals surface area (Å²) in [7, 11) is -1.70. The van der Waals surface area contributed by atoms with Gasteiger partial charge in [-0.15, -0.1) is 0 Å². The summed E-state index contributed by atoms with van der Waals surface area (Å²) in [4.78, 5) is 0. The summed E-state index contributed by atoms with van der Waals surface area (Å²) in [6.07, 6.45) is 0.783. The minimum absolute atomic E-state index is 0.0668. The van der Waals surface area contributed by atoms with Gasteiger partial charge >= 0.3 is 7.12 Å². The van der Waals surface area contributed by atoms with Crippen LogP contribution in [0.3, 0.4) is 0 Å². The van der Waals surface area contributed by atoms with Crippen molar-refractivity contribution in [1.29, 1.82) is 0 Å². The molecular weight excluding hydrogens is 210 g/mol. The summed E-state index contributed by atoms with van der Waals surface area (Å²) in [5.41, 5.74) is 0.951. The molecule has 3 nitrogen and oxygen atoms in total. The van der Waals surface area contributed by atoms with Crippen molar-refractivity contribution < 1.29 is 19.2 Å². The van der Waals surface area contributed by atoms with Gasteiger partial charge in [-0.3, -0.25) is 0 Å². The number of rotatable bonds is 5. The van der Waals surface area contributed by atoms with E-state index >= 15 is 0 Å². The molecule has 0 saturated carbocycles. The monoisotopic (exact) mass is 224 g/mol. The van der Waals surface area contributed by atoms with Crippen LogP contribution in [0.15, 0.2) is 30.4 Å². The maximum absolute atomic E-state index is 13.1. The van der Waals surface area contributed by atoms with Gasteiger partial charge in [-0.05, 0) is 29.6 Å². The molecule has 16 heavy (non-hydrogen) atoms. The normalized spacial score (nSPS) is 10.0. The molecule has 1 aromatic rings. The molecule has 1 rings (SSSR count). The van der Waals surface area contributed by atoms with Crippen LogP contribution in [0, 0.1) is 5.82 Å². The van der Waals surface area contributed by atoms with E-state index < -0.39 is 12.9 Å². The topological polar surface area (TPSA) is 49.7 Å². The lowest BCUT2D eigenvalue weighted by atomic mass is 9.80. The van der Waals surface area contributed by atoms with Gasteiger partial charge in [-0.2, -0.15) is 0 Å². The standard InChI is InChI=1S/C11H14BFO3/c1-3-8(2)7-16-11-5-9(12(14)15)4-10(13)6-11/h4-6,14-15H,2-3,7H2,1H3. The Labute approximate surface area is 94.3 Å². The zero-order valence-corrected chi connectivity index (χ0v) is 9.11. The first-order chi connectivity index (χ1) is 7.52. The third-order valence-electron chi connectivity index (χ3n) is 2.13. The number of hydrogen-bond acceptors (Lipinski definition) is 3. The summed E-state index contributed by atoms with van der Waals surface area (Å²) in [6, 6.07) is 3.62. The summed E-state index contributed by atoms with van der Waals surface area (Å²) >= 11 is 0. The van der Waals surface area contributed by atoms with E-state index in [9.17, 15) is 4.39 Å². The predicted octanol–water partition coefficient (Wildman–Crippen LogP) is 0.850. The molecule has 0 amide bonds. The van der Waals surface area contributed by atoms with Gasteiger partial charge in [0, 0.05) is 6.07 Å². The van der Waals surface area contributed by atoms with Crippen LogP contribution < -0.4 is 10.2 Å². The van der Waals surface area contributed by atoms with Crippen LogP contribution in [0.1, 0.15) is 13.3 Å². The zero-order chi connectivity index (χ0) is 12.1. The Morgan fingerprint density at radius 2 is 2.12 bits per heavy atom. The Kier molecular flexibility index (Phi) is 4.52. The molecule has 0 bridgehead atoms. The molecule has 0 fully saturated rings. The summed E-state index contributed by atoms with van der Waals surface area (Å²) in [5, 5.41) is 17.8. The molecule has 0 heterocycles. The summed E-state index contributed by atoms with van der Waals surface area (Å²) < 4.78 is 18.3. The molecule has 0 aromatic heterocycles. The fraction of sp³-hybridized carbons (Fsp3) is 0.273. The minimum Gasteiger partial charge on any atom is -0.489 e. The van der Waals surface area contributed by atoms with Crippen molar-refractivity contribution in [3.05, 3.63) is 36.2 Å². The molecule has 0 aliphatic heterocycles. The highest BCUT2D eigenvalue weighted by Gasteiger charge is 2.13. The largest absolute Gasteiger partial charge is 0.489 e. The van der Waals surface area contributed by atoms with Gasteiger partial charge in [0.1, 0.15) is 18.2 Å². The minimum atomic E-state index is -1.70. The van der Waals surface area contributed by atoms with E-state index in [1.54, 1.807) is 0 Å². The van der Waals surface area contributed by atoms with Crippen LogP contribution in [-0.2, 0) is 0 Å². The van der Waals surface area contributed by atoms with E-state index in [4.69, 9.17) is 14.8 Å². The van der Waals surface area contributed by atoms with Gasteiger partial charge in [-0.1, -0.05) is 13.5 Å². The van der Waals surface area contributed by atoms with E-state index in [0.29, 0.717) is 6.61 Å². The lowest BCUT2D eigenvalue weighted by molar-refractivity contribution is 0.347. The van der Waals surface area contributed by atoms with Crippen molar-refractivity contribution in [1.82, 2.24) is 0 Å². The molecule has 0 radical (unpaired) electrons. The number of ether oxygens (including phenoxy) is 1. The molecule has 0 spiro atoms. The van der Waals surface area contributed by atoms with Crippen molar-refractivity contribution >= 4 is 12.6 Å². The highest BCUT2D eigenvalue weighted by Crippen LogP contribution is 2.12. The SMILES string of the molecule is C=C(CC)COc1cc(F)cc(B(O)O)c1. The third kappa shape index (κ3) is 3.68. The highest BCUT2D eigenvalue weighted by molar-refractivity contribution is 6.58. The van der Waals surface area contributed by atoms with E-state index in [-0.39, 0.29) is 11.2 Å². The predicted molar refractivity (Wildman–Crippen MR) is 61.2 cm³/mol. The second-order valence-corrected chi connectivity index (χ2v) is 3.49. The Morgan fingerprint density at radius 1 is 1.44 bits per heavy atom. The Bertz CT molecular complexity index is 379. The molecule has 0 saturated heterocycles. The van der Waals surface area contributed by atoms with E-state index in [0.717, 1.165) is 18.1 Å². The quantitative estimate of drug-likeness (QED) is 0.575. The smallest absolute Gasteiger partial charge is 0.488 e. The van der Waals surface area contributed by atoms with Gasteiger partial charge in [0.05, 0.1) is 0 Å². The van der Waals surface area contributed by atoms with E-state index in [1.165, 1.54) is 12.1 Å². The lowest BCUT2D eigenvalue weighted by Gasteiger charge is -2.09. The van der Waals surface area contributed by atoms with Crippen LogP contribution in [0.5, 0.6) is 5.75 Å². The van der Waals surface area contributed by atoms with Crippen LogP contribution in [-0.4, -0.2) is 23.8 Å². The molecule has 0 unspecified atom stereocenters. The second kappa shape index (κ2) is 5.68. The first-order valence-electron chi connectivity index (χ1n) is 4.99. The summed E-state index contributed by atoms with van der Waals surface area (Å²) in [6.45, 7) is 5.99. The van der Waals surface area contributed by atoms with Gasteiger partial charge in [0.25, 0.3) is 0 Å². The van der Waals surface area contributed by atoms with E-state index in [1.807, 2.05) is 6.92 Å². The van der Waals surface area contributed by atoms with Crippen molar-refractivity contribution in [3.63, 3.8) is 0 Å². The molecule has 0 aliphatic carbocycles. The lowest BCUT2D eigenvalue weighted by Crippen LogP contribution is -2.30. The molecule has 86 valence electrons. The second-order valence-electron chi connectivity index (χ2n) is 3.49. The van der Waals surface area contributed by atoms with Gasteiger partial charge in [0.15, 0.2) is 0 Å². The van der Waals surface area contributed by atoms with Crippen molar-refractivity contribution in [2.24, 2.45) is 0 Å². The average Bonchev–Trinajstić information content (AvgIpc) is 2.25. The molecule has 0 atom stereocenters. The Balaban J connectivity index is 2.76. The maximum Gasteiger partial charge on any atom is 0.488 e. The van der Waals surface area contributed by atoms with E-state index in [2.05, 4.69) is 6.58 Å². The summed E-state index contributed by atoms with van der Waals surface area (Å²) in [5.74, 6) is -0.305. The highest BCUT2D eigenvalue weighted by atomic mass is 19.1. The van der Waals surface area contributed by atoms with Crippen LogP contribution in [0.2, 0.25) is 0 Å². The van der Waals surface area contributed by atoms with Gasteiger partial charge in [0.2, 0.25) is 0 Å². The molecule has 5 heteroatoms. The van der Waals surface area contributed by atoms with Gasteiger partial charge < -0.3 is 14.8 Å². The molecule has 2 N–H and O–H groups in total. The van der Waals surface area contributed by atoms with Crippen LogP contribution in [0.4, 0.5) is 4.39 Å². The molecular formula is C11H14BFO3. The van der Waals surface area contributed by atoms with Crippen molar-refractivity contribution in [2.45, 2.75) is 13.3 Å². The van der Waals surface area contributed by atoms with Gasteiger partial charge in [-0.25, -0.2) is 4.39 Å². The third-order valence-corrected chi connectivity index (χ3v) is 2.13. The van der Waals surface area contributed by atoms with Crippen molar-refractivity contribution in [2.75, 3.05) is 6.61 Å². The Morgan fingerprint density at radius 3 is 2.69 bits per heavy atom. The average molecular weight is 224 g/mol. The number of benzene rings is 1. The molecule has 1 aromatic carbocycles. The number of hydrogen-bond donors (Lipinski definition) is 2. The first kappa shape index (κ1) is 12.7. The fourth-order valence-corrected chi connectivity index (χ4v) is 1.10. The maximum atomic E-state index is 13.1. The fourth-order valence-electron chi connectivity index (χ4n) is 1.10. The van der Waals surface area contributed by atoms with Crippen LogP contribution >= 0.6 is 0 Å². The van der Waals surface area contributed by atoms with Crippen LogP contribution in [0.25, 0.3) is 0 Å². The number of halogens is 1. The zero-order valence-electron chi connectivity index (χ0n) is 9.11.